The number of nitrogens with zero attached hydrogens (tertiary/aromatic N) is 4. The van der Waals surface area contributed by atoms with E-state index in [1.165, 1.54) is 23.3 Å². The Balaban J connectivity index is 1.45. The van der Waals surface area contributed by atoms with Crippen molar-refractivity contribution in [2.75, 3.05) is 14.1 Å². The van der Waals surface area contributed by atoms with E-state index in [-0.39, 0.29) is 5.82 Å². The van der Waals surface area contributed by atoms with Gasteiger partial charge in [0.15, 0.2) is 11.5 Å². The lowest BCUT2D eigenvalue weighted by atomic mass is 9.98. The third-order valence-electron chi connectivity index (χ3n) is 6.61. The molecule has 0 bridgehead atoms. The molecule has 3 aromatic carbocycles. The predicted molar refractivity (Wildman–Crippen MR) is 147 cm³/mol. The van der Waals surface area contributed by atoms with E-state index < -0.39 is 0 Å². The number of benzene rings is 3. The molecule has 0 fully saturated rings. The molecule has 3 heterocycles. The maximum absolute atomic E-state index is 13.5. The van der Waals surface area contributed by atoms with Crippen LogP contribution in [0.4, 0.5) is 4.39 Å². The summed E-state index contributed by atoms with van der Waals surface area (Å²) in [6.07, 6.45) is 2.85. The van der Waals surface area contributed by atoms with Gasteiger partial charge in [-0.05, 0) is 73.1 Å². The second kappa shape index (κ2) is 9.26. The van der Waals surface area contributed by atoms with Crippen LogP contribution in [-0.4, -0.2) is 44.1 Å². The minimum Gasteiger partial charge on any atom is -0.337 e. The normalized spacial score (nSPS) is 11.7. The highest BCUT2D eigenvalue weighted by Crippen LogP contribution is 2.33. The monoisotopic (exact) mass is 490 g/mol. The van der Waals surface area contributed by atoms with Crippen LogP contribution in [0.5, 0.6) is 0 Å². The predicted octanol–water partition coefficient (Wildman–Crippen LogP) is 6.60. The number of rotatable bonds is 6. The quantitative estimate of drug-likeness (QED) is 0.276. The number of pyridine rings is 1. The molecular formula is C30H27FN6. The summed E-state index contributed by atoms with van der Waals surface area (Å²) in [6, 6.07) is 21.3. The average molecular weight is 491 g/mol. The number of imidazole rings is 1. The van der Waals surface area contributed by atoms with E-state index in [4.69, 9.17) is 4.98 Å². The van der Waals surface area contributed by atoms with Crippen molar-refractivity contribution in [3.05, 3.63) is 89.9 Å². The molecule has 3 aromatic heterocycles. The number of halogens is 1. The Bertz CT molecular complexity index is 1730. The molecule has 37 heavy (non-hydrogen) atoms. The van der Waals surface area contributed by atoms with E-state index in [1.807, 2.05) is 24.4 Å². The summed E-state index contributed by atoms with van der Waals surface area (Å²) < 4.78 is 13.5. The zero-order valence-electron chi connectivity index (χ0n) is 21.0. The number of hydrogen-bond donors (Lipinski definition) is 2. The highest BCUT2D eigenvalue weighted by Gasteiger charge is 2.16. The van der Waals surface area contributed by atoms with E-state index in [2.05, 4.69) is 70.3 Å². The van der Waals surface area contributed by atoms with Gasteiger partial charge in [0.2, 0.25) is 0 Å². The molecule has 0 aliphatic rings. The van der Waals surface area contributed by atoms with Crippen molar-refractivity contribution in [3.8, 4) is 33.8 Å². The van der Waals surface area contributed by atoms with Crippen LogP contribution in [0.15, 0.2) is 72.9 Å². The van der Waals surface area contributed by atoms with Crippen LogP contribution in [0.25, 0.3) is 55.8 Å². The Morgan fingerprint density at radius 3 is 2.49 bits per heavy atom. The molecule has 6 nitrogen and oxygen atoms in total. The van der Waals surface area contributed by atoms with E-state index in [0.717, 1.165) is 57.3 Å². The molecular weight excluding hydrogens is 463 g/mol. The van der Waals surface area contributed by atoms with Gasteiger partial charge in [-0.25, -0.2) is 14.4 Å². The molecule has 0 amide bonds. The molecule has 2 N–H and O–H groups in total. The minimum absolute atomic E-state index is 0.260. The number of fused-ring (bicyclic) bond motifs is 2. The summed E-state index contributed by atoms with van der Waals surface area (Å²) in [4.78, 5) is 15.2. The first kappa shape index (κ1) is 23.1. The fourth-order valence-electron chi connectivity index (χ4n) is 4.84. The molecule has 0 saturated heterocycles. The van der Waals surface area contributed by atoms with Gasteiger partial charge in [-0.15, -0.1) is 0 Å². The highest BCUT2D eigenvalue weighted by atomic mass is 19.1. The van der Waals surface area contributed by atoms with Crippen molar-refractivity contribution in [1.82, 2.24) is 30.0 Å². The van der Waals surface area contributed by atoms with Crippen molar-refractivity contribution < 1.29 is 4.39 Å². The van der Waals surface area contributed by atoms with Crippen molar-refractivity contribution >= 4 is 22.1 Å². The lowest BCUT2D eigenvalue weighted by Gasteiger charge is -2.13. The fourth-order valence-corrected chi connectivity index (χ4v) is 4.84. The standard InChI is InChI=1S/C30H27FN6/c1-4-18-12-19(17-37(2)3)14-21(13-18)22-15-25-28(35-36-29(25)32-16-22)30-33-26-7-5-6-24(27(26)34-30)20-8-10-23(31)11-9-20/h5-16H,4,17H2,1-3H3,(H,33,34)(H,32,35,36). The second-order valence-electron chi connectivity index (χ2n) is 9.62. The molecule has 184 valence electrons. The lowest BCUT2D eigenvalue weighted by Crippen LogP contribution is -2.10. The fraction of sp³-hybridized carbons (Fsp3) is 0.167. The maximum Gasteiger partial charge on any atom is 0.181 e. The van der Waals surface area contributed by atoms with Gasteiger partial charge in [0.05, 0.1) is 16.4 Å². The van der Waals surface area contributed by atoms with Gasteiger partial charge >= 0.3 is 0 Å². The zero-order valence-corrected chi connectivity index (χ0v) is 21.0. The van der Waals surface area contributed by atoms with E-state index in [1.54, 1.807) is 12.1 Å². The molecule has 0 aliphatic carbocycles. The number of aromatic nitrogens is 5. The Morgan fingerprint density at radius 2 is 1.70 bits per heavy atom. The number of aryl methyl sites for hydroxylation is 1. The minimum atomic E-state index is -0.260. The smallest absolute Gasteiger partial charge is 0.181 e. The largest absolute Gasteiger partial charge is 0.337 e. The van der Waals surface area contributed by atoms with Crippen LogP contribution in [0.2, 0.25) is 0 Å². The van der Waals surface area contributed by atoms with Gasteiger partial charge in [0.1, 0.15) is 11.5 Å². The van der Waals surface area contributed by atoms with Crippen LogP contribution >= 0.6 is 0 Å². The molecule has 6 aromatic rings. The van der Waals surface area contributed by atoms with Crippen LogP contribution in [0.3, 0.4) is 0 Å². The van der Waals surface area contributed by atoms with E-state index in [0.29, 0.717) is 11.5 Å². The van der Waals surface area contributed by atoms with Crippen molar-refractivity contribution in [3.63, 3.8) is 0 Å². The van der Waals surface area contributed by atoms with Gasteiger partial charge in [-0.3, -0.25) is 5.10 Å². The van der Waals surface area contributed by atoms with Crippen LogP contribution in [-0.2, 0) is 13.0 Å². The van der Waals surface area contributed by atoms with Crippen LogP contribution in [0.1, 0.15) is 18.1 Å². The number of hydrogen-bond acceptors (Lipinski definition) is 4. The number of H-pyrrole nitrogens is 2. The first-order valence-corrected chi connectivity index (χ1v) is 12.4. The molecule has 0 atom stereocenters. The van der Waals surface area contributed by atoms with Crippen LogP contribution in [0, 0.1) is 5.82 Å². The van der Waals surface area contributed by atoms with Crippen molar-refractivity contribution in [2.45, 2.75) is 19.9 Å². The highest BCUT2D eigenvalue weighted by molar-refractivity contribution is 5.97. The first-order chi connectivity index (χ1) is 18.0. The summed E-state index contributed by atoms with van der Waals surface area (Å²) >= 11 is 0. The van der Waals surface area contributed by atoms with E-state index in [9.17, 15) is 4.39 Å². The van der Waals surface area contributed by atoms with Gasteiger partial charge < -0.3 is 9.88 Å². The van der Waals surface area contributed by atoms with Crippen molar-refractivity contribution in [2.24, 2.45) is 0 Å². The molecule has 7 heteroatoms. The number of nitrogens with one attached hydrogen (secondary N) is 2. The lowest BCUT2D eigenvalue weighted by molar-refractivity contribution is 0.402. The maximum atomic E-state index is 13.5. The molecule has 0 unspecified atom stereocenters. The Morgan fingerprint density at radius 1 is 0.892 bits per heavy atom. The summed E-state index contributed by atoms with van der Waals surface area (Å²) in [5.41, 5.74) is 9.73. The summed E-state index contributed by atoms with van der Waals surface area (Å²) in [7, 11) is 4.16. The Labute approximate surface area is 214 Å². The van der Waals surface area contributed by atoms with Gasteiger partial charge in [-0.2, -0.15) is 5.10 Å². The second-order valence-corrected chi connectivity index (χ2v) is 9.62. The summed E-state index contributed by atoms with van der Waals surface area (Å²) in [5.74, 6) is 0.422. The Hall–Kier alpha value is -4.36. The average Bonchev–Trinajstić information content (AvgIpc) is 3.52. The molecule has 6 rings (SSSR count). The number of para-hydroxylation sites is 1. The summed E-state index contributed by atoms with van der Waals surface area (Å²) in [5, 5.41) is 8.47. The van der Waals surface area contributed by atoms with Crippen LogP contribution < -0.4 is 0 Å². The van der Waals surface area contributed by atoms with Gasteiger partial charge in [-0.1, -0.05) is 43.3 Å². The molecule has 0 saturated carbocycles. The van der Waals surface area contributed by atoms with E-state index >= 15 is 0 Å². The SMILES string of the molecule is CCc1cc(CN(C)C)cc(-c2cnc3n[nH]c(-c4nc5c(-c6ccc(F)cc6)cccc5[nH]4)c3c2)c1. The first-order valence-electron chi connectivity index (χ1n) is 12.4. The van der Waals surface area contributed by atoms with Gasteiger partial charge in [0, 0.05) is 23.9 Å². The van der Waals surface area contributed by atoms with Crippen molar-refractivity contribution in [1.29, 1.82) is 0 Å². The molecule has 0 spiro atoms. The third kappa shape index (κ3) is 4.38. The molecule has 0 radical (unpaired) electrons. The zero-order chi connectivity index (χ0) is 25.5. The van der Waals surface area contributed by atoms with Gasteiger partial charge in [0.25, 0.3) is 0 Å². The Kier molecular flexibility index (Phi) is 5.77. The number of aromatic amines is 2. The third-order valence-corrected chi connectivity index (χ3v) is 6.61. The summed E-state index contributed by atoms with van der Waals surface area (Å²) in [6.45, 7) is 3.05. The molecule has 0 aliphatic heterocycles. The topological polar surface area (TPSA) is 73.5 Å².